The van der Waals surface area contributed by atoms with Gasteiger partial charge in [0.15, 0.2) is 0 Å². The lowest BCUT2D eigenvalue weighted by Crippen LogP contribution is -2.36. The number of hydrogen-bond donors (Lipinski definition) is 0. The predicted octanol–water partition coefficient (Wildman–Crippen LogP) is 2.37. The van der Waals surface area contributed by atoms with Gasteiger partial charge >= 0.3 is 0 Å². The Morgan fingerprint density at radius 1 is 1.20 bits per heavy atom. The molecule has 1 unspecified atom stereocenters. The summed E-state index contributed by atoms with van der Waals surface area (Å²) < 4.78 is 13.5. The van der Waals surface area contributed by atoms with Crippen LogP contribution in [-0.4, -0.2) is 42.0 Å². The zero-order chi connectivity index (χ0) is 13.9. The van der Waals surface area contributed by atoms with Crippen molar-refractivity contribution in [3.05, 3.63) is 35.1 Å². The van der Waals surface area contributed by atoms with Gasteiger partial charge in [-0.1, -0.05) is 0 Å². The zero-order valence-corrected chi connectivity index (χ0v) is 11.7. The Morgan fingerprint density at radius 3 is 2.90 bits per heavy atom. The highest BCUT2D eigenvalue weighted by molar-refractivity contribution is 5.33. The average molecular weight is 273 g/mol. The van der Waals surface area contributed by atoms with Crippen LogP contribution in [0.15, 0.2) is 18.2 Å². The van der Waals surface area contributed by atoms with Crippen LogP contribution in [0.3, 0.4) is 0 Å². The Morgan fingerprint density at radius 2 is 2.05 bits per heavy atom. The molecule has 1 atom stereocenters. The van der Waals surface area contributed by atoms with Gasteiger partial charge in [-0.3, -0.25) is 9.80 Å². The van der Waals surface area contributed by atoms with Gasteiger partial charge in [0, 0.05) is 19.1 Å². The number of halogens is 1. The van der Waals surface area contributed by atoms with E-state index in [0.29, 0.717) is 11.6 Å². The van der Waals surface area contributed by atoms with E-state index in [1.54, 1.807) is 12.1 Å². The van der Waals surface area contributed by atoms with Gasteiger partial charge in [0.2, 0.25) is 0 Å². The average Bonchev–Trinajstić information content (AvgIpc) is 2.77. The number of rotatable bonds is 2. The fourth-order valence-corrected chi connectivity index (χ4v) is 3.49. The van der Waals surface area contributed by atoms with Crippen molar-refractivity contribution in [2.75, 3.05) is 26.2 Å². The van der Waals surface area contributed by atoms with E-state index in [1.165, 1.54) is 38.4 Å². The minimum absolute atomic E-state index is 0.309. The summed E-state index contributed by atoms with van der Waals surface area (Å²) in [5.74, 6) is -0.309. The molecule has 0 spiro atoms. The molecule has 0 amide bonds. The lowest BCUT2D eigenvalue weighted by atomic mass is 10.1. The van der Waals surface area contributed by atoms with E-state index in [2.05, 4.69) is 9.80 Å². The second kappa shape index (κ2) is 5.90. The van der Waals surface area contributed by atoms with E-state index in [0.717, 1.165) is 25.2 Å². The highest BCUT2D eigenvalue weighted by Crippen LogP contribution is 2.22. The van der Waals surface area contributed by atoms with Crippen molar-refractivity contribution in [3.8, 4) is 6.07 Å². The largest absolute Gasteiger partial charge is 0.299 e. The Bertz CT molecular complexity index is 523. The number of benzene rings is 1. The van der Waals surface area contributed by atoms with Gasteiger partial charge in [-0.25, -0.2) is 4.39 Å². The summed E-state index contributed by atoms with van der Waals surface area (Å²) in [5, 5.41) is 8.92. The second-order valence-electron chi connectivity index (χ2n) is 5.88. The van der Waals surface area contributed by atoms with Crippen LogP contribution in [-0.2, 0) is 6.54 Å². The van der Waals surface area contributed by atoms with Crippen LogP contribution in [0.1, 0.15) is 30.4 Å². The molecule has 2 heterocycles. The van der Waals surface area contributed by atoms with Crippen LogP contribution in [0.4, 0.5) is 4.39 Å². The molecule has 0 bridgehead atoms. The molecule has 106 valence electrons. The highest BCUT2D eigenvalue weighted by Gasteiger charge is 2.28. The van der Waals surface area contributed by atoms with Crippen molar-refractivity contribution in [2.45, 2.75) is 31.8 Å². The van der Waals surface area contributed by atoms with Crippen LogP contribution < -0.4 is 0 Å². The Balaban J connectivity index is 1.70. The maximum atomic E-state index is 13.5. The van der Waals surface area contributed by atoms with Crippen molar-refractivity contribution in [3.63, 3.8) is 0 Å². The minimum atomic E-state index is -0.309. The van der Waals surface area contributed by atoms with Gasteiger partial charge in [-0.15, -0.1) is 0 Å². The summed E-state index contributed by atoms with van der Waals surface area (Å²) in [7, 11) is 0. The van der Waals surface area contributed by atoms with E-state index < -0.39 is 0 Å². The van der Waals surface area contributed by atoms with Gasteiger partial charge in [-0.2, -0.15) is 5.26 Å². The van der Waals surface area contributed by atoms with Crippen molar-refractivity contribution >= 4 is 0 Å². The molecular weight excluding hydrogens is 253 g/mol. The molecule has 2 fully saturated rings. The summed E-state index contributed by atoms with van der Waals surface area (Å²) in [6.07, 6.45) is 3.76. The van der Waals surface area contributed by atoms with E-state index in [4.69, 9.17) is 5.26 Å². The van der Waals surface area contributed by atoms with Crippen molar-refractivity contribution < 1.29 is 4.39 Å². The molecule has 1 aromatic rings. The van der Waals surface area contributed by atoms with E-state index in [1.807, 2.05) is 6.07 Å². The first-order valence-electron chi connectivity index (χ1n) is 7.40. The predicted molar refractivity (Wildman–Crippen MR) is 75.6 cm³/mol. The van der Waals surface area contributed by atoms with Crippen molar-refractivity contribution in [1.29, 1.82) is 5.26 Å². The summed E-state index contributed by atoms with van der Waals surface area (Å²) in [4.78, 5) is 5.00. The van der Waals surface area contributed by atoms with Gasteiger partial charge in [0.05, 0.1) is 11.6 Å². The molecule has 4 heteroatoms. The van der Waals surface area contributed by atoms with Crippen LogP contribution in [0.25, 0.3) is 0 Å². The summed E-state index contributed by atoms with van der Waals surface area (Å²) >= 11 is 0. The maximum Gasteiger partial charge on any atom is 0.124 e. The molecule has 0 aromatic heterocycles. The summed E-state index contributed by atoms with van der Waals surface area (Å²) in [6, 6.07) is 7.35. The lowest BCUT2D eigenvalue weighted by molar-refractivity contribution is 0.215. The van der Waals surface area contributed by atoms with Gasteiger partial charge < -0.3 is 0 Å². The number of nitrogens with zero attached hydrogens (tertiary/aromatic N) is 3. The first-order chi connectivity index (χ1) is 9.74. The Labute approximate surface area is 119 Å². The highest BCUT2D eigenvalue weighted by atomic mass is 19.1. The fraction of sp³-hybridized carbons (Fsp3) is 0.562. The topological polar surface area (TPSA) is 30.3 Å². The molecule has 0 radical (unpaired) electrons. The number of hydrogen-bond acceptors (Lipinski definition) is 3. The van der Waals surface area contributed by atoms with Crippen LogP contribution >= 0.6 is 0 Å². The number of fused-ring (bicyclic) bond motifs is 1. The summed E-state index contributed by atoms with van der Waals surface area (Å²) in [6.45, 7) is 5.30. The second-order valence-corrected chi connectivity index (χ2v) is 5.88. The number of nitriles is 1. The molecule has 2 saturated heterocycles. The normalized spacial score (nSPS) is 24.1. The smallest absolute Gasteiger partial charge is 0.124 e. The van der Waals surface area contributed by atoms with Crippen molar-refractivity contribution in [2.24, 2.45) is 0 Å². The van der Waals surface area contributed by atoms with Crippen LogP contribution in [0.5, 0.6) is 0 Å². The van der Waals surface area contributed by atoms with Gasteiger partial charge in [-0.05, 0) is 62.7 Å². The van der Waals surface area contributed by atoms with Crippen LogP contribution in [0.2, 0.25) is 0 Å². The van der Waals surface area contributed by atoms with E-state index in [-0.39, 0.29) is 5.82 Å². The molecule has 3 rings (SSSR count). The van der Waals surface area contributed by atoms with Gasteiger partial charge in [0.25, 0.3) is 0 Å². The van der Waals surface area contributed by atoms with Crippen molar-refractivity contribution in [1.82, 2.24) is 9.80 Å². The quantitative estimate of drug-likeness (QED) is 0.828. The zero-order valence-electron chi connectivity index (χ0n) is 11.7. The monoisotopic (exact) mass is 273 g/mol. The Kier molecular flexibility index (Phi) is 4.00. The molecular formula is C16H20FN3. The molecule has 20 heavy (non-hydrogen) atoms. The molecule has 3 nitrogen and oxygen atoms in total. The third-order valence-electron chi connectivity index (χ3n) is 4.38. The Hall–Kier alpha value is -1.44. The first-order valence-corrected chi connectivity index (χ1v) is 7.40. The molecule has 0 aliphatic carbocycles. The molecule has 2 aliphatic heterocycles. The SMILES string of the molecule is N#Cc1cc(F)cc(CN2CCCN3CCCC3C2)c1. The standard InChI is InChI=1S/C16H20FN3/c17-15-8-13(10-18)7-14(9-15)11-19-4-2-6-20-5-1-3-16(20)12-19/h7-9,16H,1-6,11-12H2. The minimum Gasteiger partial charge on any atom is -0.299 e. The molecule has 1 aromatic carbocycles. The van der Waals surface area contributed by atoms with Crippen LogP contribution in [0, 0.1) is 17.1 Å². The lowest BCUT2D eigenvalue weighted by Gasteiger charge is -2.25. The molecule has 0 N–H and O–H groups in total. The van der Waals surface area contributed by atoms with Gasteiger partial charge in [0.1, 0.15) is 5.82 Å². The third-order valence-corrected chi connectivity index (χ3v) is 4.38. The summed E-state index contributed by atoms with van der Waals surface area (Å²) in [5.41, 5.74) is 1.32. The first kappa shape index (κ1) is 13.5. The van der Waals surface area contributed by atoms with E-state index in [9.17, 15) is 4.39 Å². The van der Waals surface area contributed by atoms with E-state index >= 15 is 0 Å². The maximum absolute atomic E-state index is 13.5. The third kappa shape index (κ3) is 3.00. The molecule has 2 aliphatic rings. The fourth-order valence-electron chi connectivity index (χ4n) is 3.49. The molecule has 0 saturated carbocycles.